The third-order valence-electron chi connectivity index (χ3n) is 2.49. The van der Waals surface area contributed by atoms with Gasteiger partial charge in [-0.25, -0.2) is 14.4 Å². The second kappa shape index (κ2) is 5.31. The van der Waals surface area contributed by atoms with Crippen molar-refractivity contribution in [3.05, 3.63) is 46.6 Å². The summed E-state index contributed by atoms with van der Waals surface area (Å²) in [5, 5.41) is 3.48. The summed E-state index contributed by atoms with van der Waals surface area (Å²) < 4.78 is 13.1. The van der Waals surface area contributed by atoms with Gasteiger partial charge in [-0.1, -0.05) is 18.5 Å². The lowest BCUT2D eigenvalue weighted by molar-refractivity contribution is 0.619. The summed E-state index contributed by atoms with van der Waals surface area (Å²) >= 11 is 5.90. The number of benzene rings is 1. The molecule has 0 saturated carbocycles. The third-order valence-corrected chi connectivity index (χ3v) is 2.68. The number of nitrogens with one attached hydrogen (secondary N) is 1. The Kier molecular flexibility index (Phi) is 3.77. The van der Waals surface area contributed by atoms with E-state index >= 15 is 0 Å². The van der Waals surface area contributed by atoms with Crippen LogP contribution in [0.1, 0.15) is 18.3 Å². The zero-order chi connectivity index (χ0) is 13.1. The van der Waals surface area contributed by atoms with Crippen molar-refractivity contribution in [1.29, 1.82) is 0 Å². The van der Waals surface area contributed by atoms with Crippen molar-refractivity contribution in [2.45, 2.75) is 20.3 Å². The number of nitrogens with zero attached hydrogens (tertiary/aromatic N) is 2. The van der Waals surface area contributed by atoms with Crippen molar-refractivity contribution in [2.75, 3.05) is 5.32 Å². The molecule has 5 heteroatoms. The number of hydrogen-bond acceptors (Lipinski definition) is 3. The zero-order valence-electron chi connectivity index (χ0n) is 10.2. The predicted molar refractivity (Wildman–Crippen MR) is 70.8 cm³/mol. The largest absolute Gasteiger partial charge is 0.340 e. The molecule has 94 valence electrons. The van der Waals surface area contributed by atoms with Crippen LogP contribution in [0, 0.1) is 12.7 Å². The minimum Gasteiger partial charge on any atom is -0.340 e. The van der Waals surface area contributed by atoms with E-state index in [0.717, 1.165) is 5.69 Å². The average molecular weight is 266 g/mol. The quantitative estimate of drug-likeness (QED) is 0.856. The highest BCUT2D eigenvalue weighted by Gasteiger charge is 2.04. The number of aromatic nitrogens is 2. The highest BCUT2D eigenvalue weighted by molar-refractivity contribution is 6.29. The van der Waals surface area contributed by atoms with Crippen LogP contribution in [0.3, 0.4) is 0 Å². The highest BCUT2D eigenvalue weighted by Crippen LogP contribution is 2.20. The maximum atomic E-state index is 13.1. The van der Waals surface area contributed by atoms with Gasteiger partial charge in [0.1, 0.15) is 22.6 Å². The lowest BCUT2D eigenvalue weighted by Gasteiger charge is -2.08. The van der Waals surface area contributed by atoms with Crippen molar-refractivity contribution in [3.8, 4) is 0 Å². The molecule has 2 aromatic rings. The van der Waals surface area contributed by atoms with Crippen LogP contribution in [0.2, 0.25) is 5.15 Å². The van der Waals surface area contributed by atoms with Gasteiger partial charge in [0.2, 0.25) is 0 Å². The Bertz CT molecular complexity index is 572. The van der Waals surface area contributed by atoms with Crippen LogP contribution in [0.5, 0.6) is 0 Å². The molecule has 1 N–H and O–H groups in total. The molecule has 0 aliphatic carbocycles. The van der Waals surface area contributed by atoms with Gasteiger partial charge in [-0.05, 0) is 30.7 Å². The van der Waals surface area contributed by atoms with E-state index in [-0.39, 0.29) is 5.82 Å². The first kappa shape index (κ1) is 12.8. The molecule has 0 aliphatic rings. The molecule has 0 saturated heterocycles. The van der Waals surface area contributed by atoms with Gasteiger partial charge in [0.05, 0.1) is 0 Å². The highest BCUT2D eigenvalue weighted by atomic mass is 35.5. The number of halogens is 2. The number of aryl methyl sites for hydroxylation is 2. The van der Waals surface area contributed by atoms with Crippen LogP contribution in [0.25, 0.3) is 0 Å². The summed E-state index contributed by atoms with van der Waals surface area (Å²) in [7, 11) is 0. The molecule has 0 radical (unpaired) electrons. The Morgan fingerprint density at radius 1 is 1.28 bits per heavy atom. The molecule has 1 aromatic heterocycles. The van der Waals surface area contributed by atoms with Crippen molar-refractivity contribution >= 4 is 23.1 Å². The summed E-state index contributed by atoms with van der Waals surface area (Å²) in [5.41, 5.74) is 1.35. The van der Waals surface area contributed by atoms with Crippen molar-refractivity contribution in [2.24, 2.45) is 0 Å². The fourth-order valence-electron chi connectivity index (χ4n) is 1.56. The molecule has 0 spiro atoms. The van der Waals surface area contributed by atoms with Gasteiger partial charge < -0.3 is 5.32 Å². The molecule has 3 nitrogen and oxygen atoms in total. The van der Waals surface area contributed by atoms with E-state index < -0.39 is 0 Å². The van der Waals surface area contributed by atoms with Gasteiger partial charge in [0.15, 0.2) is 0 Å². The van der Waals surface area contributed by atoms with Crippen LogP contribution < -0.4 is 5.32 Å². The van der Waals surface area contributed by atoms with Crippen molar-refractivity contribution < 1.29 is 4.39 Å². The van der Waals surface area contributed by atoms with Crippen LogP contribution in [-0.4, -0.2) is 9.97 Å². The molecule has 0 bridgehead atoms. The SMILES string of the molecule is CCc1nc(Cl)cc(Nc2ccc(F)c(C)c2)n1. The first-order valence-corrected chi connectivity index (χ1v) is 6.03. The Hall–Kier alpha value is -1.68. The molecule has 0 unspecified atom stereocenters. The molecular formula is C13H13ClFN3. The number of anilines is 2. The first-order chi connectivity index (χ1) is 8.58. The number of rotatable bonds is 3. The van der Waals surface area contributed by atoms with Gasteiger partial charge in [-0.3, -0.25) is 0 Å². The van der Waals surface area contributed by atoms with Crippen LogP contribution in [-0.2, 0) is 6.42 Å². The van der Waals surface area contributed by atoms with Gasteiger partial charge >= 0.3 is 0 Å². The molecule has 0 fully saturated rings. The second-order valence-corrected chi connectivity index (χ2v) is 4.32. The maximum Gasteiger partial charge on any atom is 0.135 e. The Labute approximate surface area is 110 Å². The average Bonchev–Trinajstić information content (AvgIpc) is 2.33. The molecule has 2 rings (SSSR count). The fourth-order valence-corrected chi connectivity index (χ4v) is 1.76. The van der Waals surface area contributed by atoms with E-state index in [2.05, 4.69) is 15.3 Å². The van der Waals surface area contributed by atoms with E-state index in [9.17, 15) is 4.39 Å². The smallest absolute Gasteiger partial charge is 0.135 e. The van der Waals surface area contributed by atoms with E-state index in [0.29, 0.717) is 28.8 Å². The minimum absolute atomic E-state index is 0.226. The Morgan fingerprint density at radius 2 is 2.06 bits per heavy atom. The molecule has 0 amide bonds. The summed E-state index contributed by atoms with van der Waals surface area (Å²) in [6.07, 6.45) is 0.706. The van der Waals surface area contributed by atoms with Gasteiger partial charge in [-0.2, -0.15) is 0 Å². The van der Waals surface area contributed by atoms with Gasteiger partial charge in [-0.15, -0.1) is 0 Å². The summed E-state index contributed by atoms with van der Waals surface area (Å²) in [5.74, 6) is 1.05. The molecule has 1 heterocycles. The zero-order valence-corrected chi connectivity index (χ0v) is 10.9. The summed E-state index contributed by atoms with van der Waals surface area (Å²) in [4.78, 5) is 8.38. The standard InChI is InChI=1S/C13H13ClFN3/c1-3-12-17-11(14)7-13(18-12)16-9-4-5-10(15)8(2)6-9/h4-7H,3H2,1-2H3,(H,16,17,18). The lowest BCUT2D eigenvalue weighted by Crippen LogP contribution is -2.00. The molecule has 0 aliphatic heterocycles. The third kappa shape index (κ3) is 2.96. The van der Waals surface area contributed by atoms with Gasteiger partial charge in [0, 0.05) is 18.2 Å². The van der Waals surface area contributed by atoms with Gasteiger partial charge in [0.25, 0.3) is 0 Å². The summed E-state index contributed by atoms with van der Waals surface area (Å²) in [6, 6.07) is 6.43. The molecule has 0 atom stereocenters. The Balaban J connectivity index is 2.27. The van der Waals surface area contributed by atoms with Crippen LogP contribution in [0.4, 0.5) is 15.9 Å². The minimum atomic E-state index is -0.226. The fraction of sp³-hybridized carbons (Fsp3) is 0.231. The monoisotopic (exact) mass is 265 g/mol. The van der Waals surface area contributed by atoms with Crippen LogP contribution >= 0.6 is 11.6 Å². The van der Waals surface area contributed by atoms with E-state index in [1.807, 2.05) is 6.92 Å². The van der Waals surface area contributed by atoms with Crippen molar-refractivity contribution in [1.82, 2.24) is 9.97 Å². The number of hydrogen-bond donors (Lipinski definition) is 1. The molecule has 1 aromatic carbocycles. The van der Waals surface area contributed by atoms with E-state index in [1.165, 1.54) is 6.07 Å². The van der Waals surface area contributed by atoms with Crippen LogP contribution in [0.15, 0.2) is 24.3 Å². The van der Waals surface area contributed by atoms with E-state index in [1.54, 1.807) is 25.1 Å². The lowest BCUT2D eigenvalue weighted by atomic mass is 10.2. The molecular weight excluding hydrogens is 253 g/mol. The van der Waals surface area contributed by atoms with E-state index in [4.69, 9.17) is 11.6 Å². The van der Waals surface area contributed by atoms with Crippen molar-refractivity contribution in [3.63, 3.8) is 0 Å². The normalized spacial score (nSPS) is 10.4. The predicted octanol–water partition coefficient (Wildman–Crippen LogP) is 3.88. The Morgan fingerprint density at radius 3 is 2.72 bits per heavy atom. The second-order valence-electron chi connectivity index (χ2n) is 3.93. The topological polar surface area (TPSA) is 37.8 Å². The summed E-state index contributed by atoms with van der Waals surface area (Å²) in [6.45, 7) is 3.67. The first-order valence-electron chi connectivity index (χ1n) is 5.65. The maximum absolute atomic E-state index is 13.1. The molecule has 18 heavy (non-hydrogen) atoms.